The SMILES string of the molecule is CC(C)(C)c1ccc(C(CN)N2CC3CCC2C3)cc1. The maximum Gasteiger partial charge on any atom is 0.0473 e. The highest BCUT2D eigenvalue weighted by molar-refractivity contribution is 5.30. The van der Waals surface area contributed by atoms with E-state index in [-0.39, 0.29) is 5.41 Å². The highest BCUT2D eigenvalue weighted by Gasteiger charge is 2.40. The second-order valence-corrected chi connectivity index (χ2v) is 7.65. The molecule has 2 N–H and O–H groups in total. The van der Waals surface area contributed by atoms with Gasteiger partial charge in [-0.15, -0.1) is 0 Å². The zero-order valence-corrected chi connectivity index (χ0v) is 13.1. The molecule has 1 aromatic rings. The lowest BCUT2D eigenvalue weighted by atomic mass is 9.86. The van der Waals surface area contributed by atoms with E-state index in [1.54, 1.807) is 0 Å². The predicted octanol–water partition coefficient (Wildman–Crippen LogP) is 3.47. The van der Waals surface area contributed by atoms with Crippen molar-refractivity contribution in [1.29, 1.82) is 0 Å². The fourth-order valence-electron chi connectivity index (χ4n) is 4.01. The summed E-state index contributed by atoms with van der Waals surface area (Å²) in [5, 5.41) is 0. The summed E-state index contributed by atoms with van der Waals surface area (Å²) >= 11 is 0. The summed E-state index contributed by atoms with van der Waals surface area (Å²) in [4.78, 5) is 2.67. The van der Waals surface area contributed by atoms with Crippen molar-refractivity contribution in [2.24, 2.45) is 11.7 Å². The van der Waals surface area contributed by atoms with E-state index >= 15 is 0 Å². The normalized spacial score (nSPS) is 28.0. The summed E-state index contributed by atoms with van der Waals surface area (Å²) in [6.07, 6.45) is 4.21. The first-order valence-electron chi connectivity index (χ1n) is 8.05. The van der Waals surface area contributed by atoms with Crippen LogP contribution in [0.25, 0.3) is 0 Å². The average Bonchev–Trinajstić information content (AvgIpc) is 3.02. The van der Waals surface area contributed by atoms with Crippen molar-refractivity contribution < 1.29 is 0 Å². The number of nitrogens with two attached hydrogens (primary N) is 1. The summed E-state index contributed by atoms with van der Waals surface area (Å²) in [6, 6.07) is 10.4. The molecular weight excluding hydrogens is 244 g/mol. The lowest BCUT2D eigenvalue weighted by Crippen LogP contribution is -2.39. The van der Waals surface area contributed by atoms with Crippen LogP contribution in [-0.2, 0) is 5.41 Å². The molecule has 1 aromatic carbocycles. The summed E-state index contributed by atoms with van der Waals surface area (Å²) < 4.78 is 0. The van der Waals surface area contributed by atoms with Gasteiger partial charge < -0.3 is 5.73 Å². The van der Waals surface area contributed by atoms with Crippen molar-refractivity contribution >= 4 is 0 Å². The monoisotopic (exact) mass is 272 g/mol. The Morgan fingerprint density at radius 3 is 2.35 bits per heavy atom. The van der Waals surface area contributed by atoms with Crippen LogP contribution in [-0.4, -0.2) is 24.0 Å². The molecule has 20 heavy (non-hydrogen) atoms. The van der Waals surface area contributed by atoms with E-state index in [1.165, 1.54) is 36.9 Å². The van der Waals surface area contributed by atoms with Gasteiger partial charge in [0.2, 0.25) is 0 Å². The van der Waals surface area contributed by atoms with Crippen LogP contribution >= 0.6 is 0 Å². The molecule has 2 heteroatoms. The highest BCUT2D eigenvalue weighted by atomic mass is 15.2. The van der Waals surface area contributed by atoms with Gasteiger partial charge in [-0.25, -0.2) is 0 Å². The summed E-state index contributed by atoms with van der Waals surface area (Å²) in [7, 11) is 0. The first-order chi connectivity index (χ1) is 9.49. The van der Waals surface area contributed by atoms with Crippen LogP contribution in [0.5, 0.6) is 0 Å². The van der Waals surface area contributed by atoms with Crippen molar-refractivity contribution in [2.45, 2.75) is 57.5 Å². The lowest BCUT2D eigenvalue weighted by Gasteiger charge is -2.35. The van der Waals surface area contributed by atoms with Crippen molar-refractivity contribution in [3.63, 3.8) is 0 Å². The minimum Gasteiger partial charge on any atom is -0.329 e. The van der Waals surface area contributed by atoms with Gasteiger partial charge >= 0.3 is 0 Å². The van der Waals surface area contributed by atoms with Gasteiger partial charge in [-0.3, -0.25) is 4.90 Å². The second-order valence-electron chi connectivity index (χ2n) is 7.65. The molecule has 1 aliphatic heterocycles. The molecule has 1 aliphatic carbocycles. The topological polar surface area (TPSA) is 29.3 Å². The van der Waals surface area contributed by atoms with Crippen molar-refractivity contribution in [2.75, 3.05) is 13.1 Å². The maximum atomic E-state index is 6.10. The van der Waals surface area contributed by atoms with E-state index in [9.17, 15) is 0 Å². The molecule has 0 spiro atoms. The molecule has 2 bridgehead atoms. The Balaban J connectivity index is 1.79. The Bertz CT molecular complexity index is 457. The zero-order valence-electron chi connectivity index (χ0n) is 13.1. The van der Waals surface area contributed by atoms with E-state index in [2.05, 4.69) is 49.9 Å². The molecule has 2 nitrogen and oxygen atoms in total. The van der Waals surface area contributed by atoms with Crippen molar-refractivity contribution in [1.82, 2.24) is 4.90 Å². The van der Waals surface area contributed by atoms with Gasteiger partial charge in [0.1, 0.15) is 0 Å². The fourth-order valence-corrected chi connectivity index (χ4v) is 4.01. The standard InChI is InChI=1S/C18H28N2/c1-18(2,3)15-7-5-14(6-8-15)17(11-19)20-12-13-4-9-16(20)10-13/h5-8,13,16-17H,4,9-12,19H2,1-3H3. The van der Waals surface area contributed by atoms with E-state index < -0.39 is 0 Å². The molecule has 1 heterocycles. The minimum absolute atomic E-state index is 0.226. The van der Waals surface area contributed by atoms with Crippen LogP contribution in [0.1, 0.15) is 57.2 Å². The number of hydrogen-bond donors (Lipinski definition) is 1. The van der Waals surface area contributed by atoms with Crippen molar-refractivity contribution in [3.8, 4) is 0 Å². The van der Waals surface area contributed by atoms with Crippen LogP contribution < -0.4 is 5.73 Å². The Morgan fingerprint density at radius 2 is 1.90 bits per heavy atom. The summed E-state index contributed by atoms with van der Waals surface area (Å²) in [5.41, 5.74) is 9.12. The van der Waals surface area contributed by atoms with Gasteiger partial charge in [0, 0.05) is 25.2 Å². The highest BCUT2D eigenvalue weighted by Crippen LogP contribution is 2.41. The number of piperidine rings is 1. The van der Waals surface area contributed by atoms with Crippen molar-refractivity contribution in [3.05, 3.63) is 35.4 Å². The third-order valence-electron chi connectivity index (χ3n) is 5.24. The Hall–Kier alpha value is -0.860. The minimum atomic E-state index is 0.226. The van der Waals surface area contributed by atoms with E-state index in [4.69, 9.17) is 5.73 Å². The molecule has 3 rings (SSSR count). The predicted molar refractivity (Wildman–Crippen MR) is 84.8 cm³/mol. The Labute approximate surface area is 123 Å². The molecule has 0 amide bonds. The number of rotatable bonds is 3. The largest absolute Gasteiger partial charge is 0.329 e. The average molecular weight is 272 g/mol. The van der Waals surface area contributed by atoms with Crippen LogP contribution in [0.4, 0.5) is 0 Å². The Morgan fingerprint density at radius 1 is 1.20 bits per heavy atom. The van der Waals surface area contributed by atoms with E-state index in [0.717, 1.165) is 18.5 Å². The molecule has 1 saturated carbocycles. The molecular formula is C18H28N2. The number of likely N-dealkylation sites (tertiary alicyclic amines) is 1. The maximum absolute atomic E-state index is 6.10. The summed E-state index contributed by atoms with van der Waals surface area (Å²) in [5.74, 6) is 0.933. The number of hydrogen-bond acceptors (Lipinski definition) is 2. The van der Waals surface area contributed by atoms with Crippen LogP contribution in [0.15, 0.2) is 24.3 Å². The number of nitrogens with zero attached hydrogens (tertiary/aromatic N) is 1. The molecule has 0 aromatic heterocycles. The smallest absolute Gasteiger partial charge is 0.0473 e. The number of fused-ring (bicyclic) bond motifs is 2. The van der Waals surface area contributed by atoms with Gasteiger partial charge in [0.15, 0.2) is 0 Å². The quantitative estimate of drug-likeness (QED) is 0.913. The molecule has 2 fully saturated rings. The first-order valence-corrected chi connectivity index (χ1v) is 8.05. The molecule has 110 valence electrons. The van der Waals surface area contributed by atoms with E-state index in [0.29, 0.717) is 6.04 Å². The molecule has 0 radical (unpaired) electrons. The fraction of sp³-hybridized carbons (Fsp3) is 0.667. The van der Waals surface area contributed by atoms with Gasteiger partial charge in [-0.05, 0) is 41.7 Å². The third kappa shape index (κ3) is 2.51. The van der Waals surface area contributed by atoms with Crippen LogP contribution in [0, 0.1) is 5.92 Å². The summed E-state index contributed by atoms with van der Waals surface area (Å²) in [6.45, 7) is 8.79. The molecule has 3 atom stereocenters. The van der Waals surface area contributed by atoms with Crippen LogP contribution in [0.2, 0.25) is 0 Å². The van der Waals surface area contributed by atoms with Gasteiger partial charge in [-0.1, -0.05) is 45.0 Å². The lowest BCUT2D eigenvalue weighted by molar-refractivity contribution is 0.153. The zero-order chi connectivity index (χ0) is 14.3. The first kappa shape index (κ1) is 14.1. The molecule has 3 unspecified atom stereocenters. The van der Waals surface area contributed by atoms with Crippen LogP contribution in [0.3, 0.4) is 0 Å². The Kier molecular flexibility index (Phi) is 3.64. The van der Waals surface area contributed by atoms with Gasteiger partial charge in [-0.2, -0.15) is 0 Å². The van der Waals surface area contributed by atoms with Gasteiger partial charge in [0.25, 0.3) is 0 Å². The molecule has 1 saturated heterocycles. The second kappa shape index (κ2) is 5.16. The molecule has 2 aliphatic rings. The van der Waals surface area contributed by atoms with Gasteiger partial charge in [0.05, 0.1) is 0 Å². The van der Waals surface area contributed by atoms with E-state index in [1.807, 2.05) is 0 Å². The number of benzene rings is 1. The third-order valence-corrected chi connectivity index (χ3v) is 5.24.